The normalized spacial score (nSPS) is 23.0. The summed E-state index contributed by atoms with van der Waals surface area (Å²) in [4.78, 5) is 0.186. The van der Waals surface area contributed by atoms with Gasteiger partial charge in [0.05, 0.1) is 0 Å². The van der Waals surface area contributed by atoms with Gasteiger partial charge in [0.25, 0.3) is 0 Å². The van der Waals surface area contributed by atoms with E-state index in [4.69, 9.17) is 0 Å². The number of hydrazone groups is 1. The molecular formula is C15H20N2S. The highest BCUT2D eigenvalue weighted by atomic mass is 32.2. The van der Waals surface area contributed by atoms with E-state index in [9.17, 15) is 0 Å². The summed E-state index contributed by atoms with van der Waals surface area (Å²) < 4.78 is 0. The van der Waals surface area contributed by atoms with Gasteiger partial charge in [0.15, 0.2) is 0 Å². The predicted octanol–water partition coefficient (Wildman–Crippen LogP) is 4.13. The van der Waals surface area contributed by atoms with E-state index in [0.717, 1.165) is 5.04 Å². The molecule has 0 radical (unpaired) electrons. The third-order valence-electron chi connectivity index (χ3n) is 3.84. The van der Waals surface area contributed by atoms with Gasteiger partial charge in [0.1, 0.15) is 9.91 Å². The lowest BCUT2D eigenvalue weighted by Crippen LogP contribution is -2.36. The van der Waals surface area contributed by atoms with Crippen LogP contribution in [0.5, 0.6) is 0 Å². The van der Waals surface area contributed by atoms with Crippen LogP contribution in [-0.2, 0) is 0 Å². The van der Waals surface area contributed by atoms with E-state index in [2.05, 4.69) is 40.9 Å². The maximum atomic E-state index is 4.58. The standard InChI is InChI=1S/C15H20N2S/c1-2-7-11-15(12-8-3-1)17-16-14(18-15)13-9-5-4-6-10-13/h4-6,9-10,17H,1-3,7-8,11-12H2. The fourth-order valence-corrected chi connectivity index (χ4v) is 4.08. The van der Waals surface area contributed by atoms with Gasteiger partial charge < -0.3 is 0 Å². The van der Waals surface area contributed by atoms with E-state index in [1.54, 1.807) is 0 Å². The molecule has 1 saturated carbocycles. The third kappa shape index (κ3) is 2.56. The Kier molecular flexibility index (Phi) is 3.59. The van der Waals surface area contributed by atoms with Crippen molar-refractivity contribution >= 4 is 16.8 Å². The number of thioether (sulfide) groups is 1. The van der Waals surface area contributed by atoms with Crippen LogP contribution in [0.2, 0.25) is 0 Å². The minimum Gasteiger partial charge on any atom is -0.292 e. The van der Waals surface area contributed by atoms with Crippen molar-refractivity contribution in [2.75, 3.05) is 0 Å². The molecule has 1 aromatic carbocycles. The monoisotopic (exact) mass is 260 g/mol. The van der Waals surface area contributed by atoms with Crippen LogP contribution >= 0.6 is 11.8 Å². The summed E-state index contributed by atoms with van der Waals surface area (Å²) in [7, 11) is 0. The van der Waals surface area contributed by atoms with Gasteiger partial charge in [-0.15, -0.1) is 0 Å². The number of rotatable bonds is 1. The maximum absolute atomic E-state index is 4.58. The Labute approximate surface area is 113 Å². The first kappa shape index (κ1) is 12.1. The molecule has 0 atom stereocenters. The fourth-order valence-electron chi connectivity index (χ4n) is 2.78. The molecule has 1 aliphatic carbocycles. The van der Waals surface area contributed by atoms with Crippen LogP contribution in [0, 0.1) is 0 Å². The summed E-state index contributed by atoms with van der Waals surface area (Å²) in [6.45, 7) is 0. The van der Waals surface area contributed by atoms with Gasteiger partial charge in [-0.3, -0.25) is 5.43 Å². The van der Waals surface area contributed by atoms with Crippen molar-refractivity contribution in [1.29, 1.82) is 0 Å². The summed E-state index contributed by atoms with van der Waals surface area (Å²) in [5.41, 5.74) is 4.68. The van der Waals surface area contributed by atoms with Crippen molar-refractivity contribution in [3.63, 3.8) is 0 Å². The zero-order chi connectivity index (χ0) is 12.3. The lowest BCUT2D eigenvalue weighted by Gasteiger charge is -2.29. The van der Waals surface area contributed by atoms with Crippen molar-refractivity contribution in [3.8, 4) is 0 Å². The van der Waals surface area contributed by atoms with Crippen molar-refractivity contribution in [2.45, 2.75) is 49.8 Å². The number of nitrogens with one attached hydrogen (secondary N) is 1. The van der Waals surface area contributed by atoms with Crippen LogP contribution in [0.15, 0.2) is 35.4 Å². The van der Waals surface area contributed by atoms with E-state index in [1.807, 2.05) is 11.8 Å². The first-order valence-corrected chi connectivity index (χ1v) is 7.79. The second-order valence-corrected chi connectivity index (χ2v) is 6.63. The predicted molar refractivity (Wildman–Crippen MR) is 78.8 cm³/mol. The molecule has 3 rings (SSSR count). The Hall–Kier alpha value is -0.960. The van der Waals surface area contributed by atoms with E-state index >= 15 is 0 Å². The summed E-state index contributed by atoms with van der Waals surface area (Å²) in [5, 5.41) is 5.75. The molecule has 0 unspecified atom stereocenters. The first-order valence-electron chi connectivity index (χ1n) is 6.97. The largest absolute Gasteiger partial charge is 0.292 e. The minimum atomic E-state index is 0.186. The van der Waals surface area contributed by atoms with Gasteiger partial charge in [0, 0.05) is 5.56 Å². The molecule has 2 nitrogen and oxygen atoms in total. The molecule has 0 saturated heterocycles. The molecule has 0 aromatic heterocycles. The van der Waals surface area contributed by atoms with Gasteiger partial charge in [0.2, 0.25) is 0 Å². The third-order valence-corrected chi connectivity index (χ3v) is 5.25. The Morgan fingerprint density at radius 2 is 1.61 bits per heavy atom. The molecule has 0 amide bonds. The molecule has 0 bridgehead atoms. The molecule has 3 heteroatoms. The smallest absolute Gasteiger partial charge is 0.126 e. The quantitative estimate of drug-likeness (QED) is 0.821. The van der Waals surface area contributed by atoms with Crippen molar-refractivity contribution < 1.29 is 0 Å². The van der Waals surface area contributed by atoms with Gasteiger partial charge >= 0.3 is 0 Å². The number of hydrogen-bond donors (Lipinski definition) is 1. The number of hydrogen-bond acceptors (Lipinski definition) is 3. The van der Waals surface area contributed by atoms with Crippen LogP contribution in [-0.4, -0.2) is 9.91 Å². The zero-order valence-electron chi connectivity index (χ0n) is 10.7. The first-order chi connectivity index (χ1) is 8.88. The van der Waals surface area contributed by atoms with Gasteiger partial charge in [-0.2, -0.15) is 5.10 Å². The van der Waals surface area contributed by atoms with Crippen LogP contribution in [0.25, 0.3) is 0 Å². The summed E-state index contributed by atoms with van der Waals surface area (Å²) >= 11 is 1.95. The van der Waals surface area contributed by atoms with Crippen LogP contribution in [0.4, 0.5) is 0 Å². The van der Waals surface area contributed by atoms with E-state index in [-0.39, 0.29) is 4.87 Å². The lowest BCUT2D eigenvalue weighted by atomic mass is 9.96. The number of benzene rings is 1. The molecule has 2 aliphatic rings. The van der Waals surface area contributed by atoms with Gasteiger partial charge in [-0.1, -0.05) is 74.2 Å². The summed E-state index contributed by atoms with van der Waals surface area (Å²) in [5.74, 6) is 0. The zero-order valence-corrected chi connectivity index (χ0v) is 11.5. The van der Waals surface area contributed by atoms with E-state index < -0.39 is 0 Å². The topological polar surface area (TPSA) is 24.4 Å². The second-order valence-electron chi connectivity index (χ2n) is 5.26. The molecule has 1 N–H and O–H groups in total. The Morgan fingerprint density at radius 1 is 0.944 bits per heavy atom. The van der Waals surface area contributed by atoms with Crippen LogP contribution < -0.4 is 5.43 Å². The highest BCUT2D eigenvalue weighted by molar-refractivity contribution is 8.15. The number of nitrogens with zero attached hydrogens (tertiary/aromatic N) is 1. The van der Waals surface area contributed by atoms with Crippen molar-refractivity contribution in [2.24, 2.45) is 5.10 Å². The molecule has 18 heavy (non-hydrogen) atoms. The molecule has 1 spiro atoms. The molecule has 1 aromatic rings. The highest BCUT2D eigenvalue weighted by Gasteiger charge is 2.36. The molecule has 1 aliphatic heterocycles. The Bertz CT molecular complexity index is 419. The van der Waals surface area contributed by atoms with E-state index in [0.29, 0.717) is 0 Å². The second kappa shape index (κ2) is 5.35. The molecule has 96 valence electrons. The average Bonchev–Trinajstić information content (AvgIpc) is 2.81. The van der Waals surface area contributed by atoms with Gasteiger partial charge in [-0.05, 0) is 12.8 Å². The summed E-state index contributed by atoms with van der Waals surface area (Å²) in [6, 6.07) is 10.5. The van der Waals surface area contributed by atoms with E-state index in [1.165, 1.54) is 50.5 Å². The molecule has 1 heterocycles. The Morgan fingerprint density at radius 3 is 2.33 bits per heavy atom. The summed E-state index contributed by atoms with van der Waals surface area (Å²) in [6.07, 6.45) is 9.33. The molecule has 1 fully saturated rings. The van der Waals surface area contributed by atoms with Crippen LogP contribution in [0.1, 0.15) is 50.5 Å². The minimum absolute atomic E-state index is 0.186. The SMILES string of the molecule is c1ccc(C2=NNC3(CCCCCCC3)S2)cc1. The van der Waals surface area contributed by atoms with Crippen molar-refractivity contribution in [1.82, 2.24) is 5.43 Å². The van der Waals surface area contributed by atoms with Gasteiger partial charge in [-0.25, -0.2) is 0 Å². The van der Waals surface area contributed by atoms with Crippen LogP contribution in [0.3, 0.4) is 0 Å². The maximum Gasteiger partial charge on any atom is 0.126 e. The van der Waals surface area contributed by atoms with Crippen molar-refractivity contribution in [3.05, 3.63) is 35.9 Å². The molecular weight excluding hydrogens is 240 g/mol. The Balaban J connectivity index is 1.72. The average molecular weight is 260 g/mol. The highest BCUT2D eigenvalue weighted by Crippen LogP contribution is 2.41. The lowest BCUT2D eigenvalue weighted by molar-refractivity contribution is 0.369. The fraction of sp³-hybridized carbons (Fsp3) is 0.533.